The van der Waals surface area contributed by atoms with Gasteiger partial charge >= 0.3 is 6.03 Å². The first-order valence-electron chi connectivity index (χ1n) is 8.16. The van der Waals surface area contributed by atoms with Gasteiger partial charge in [0.1, 0.15) is 0 Å². The first kappa shape index (κ1) is 18.6. The largest absolute Gasteiger partial charge is 0.396 e. The van der Waals surface area contributed by atoms with Crippen LogP contribution in [-0.4, -0.2) is 41.6 Å². The molecule has 4 N–H and O–H groups in total. The molecule has 0 atom stereocenters. The van der Waals surface area contributed by atoms with Crippen LogP contribution in [0.3, 0.4) is 0 Å². The van der Waals surface area contributed by atoms with Crippen LogP contribution >= 0.6 is 0 Å². The Bertz CT molecular complexity index is 637. The minimum atomic E-state index is -0.872. The van der Waals surface area contributed by atoms with Crippen LogP contribution < -0.4 is 11.1 Å². The molecule has 2 aromatic carbocycles. The van der Waals surface area contributed by atoms with Gasteiger partial charge in [0.15, 0.2) is 0 Å². The Labute approximate surface area is 147 Å². The van der Waals surface area contributed by atoms with E-state index in [1.54, 1.807) is 0 Å². The van der Waals surface area contributed by atoms with Crippen LogP contribution in [0.2, 0.25) is 0 Å². The van der Waals surface area contributed by atoms with Gasteiger partial charge in [-0.1, -0.05) is 60.7 Å². The van der Waals surface area contributed by atoms with E-state index in [1.807, 2.05) is 65.6 Å². The van der Waals surface area contributed by atoms with Crippen LogP contribution in [0.25, 0.3) is 0 Å². The summed E-state index contributed by atoms with van der Waals surface area (Å²) < 4.78 is 0. The fraction of sp³-hybridized carbons (Fsp3) is 0.263. The lowest BCUT2D eigenvalue weighted by atomic mass is 9.96. The number of rotatable bonds is 8. The number of aliphatic hydroxyl groups is 1. The van der Waals surface area contributed by atoms with Gasteiger partial charge in [-0.25, -0.2) is 4.79 Å². The third kappa shape index (κ3) is 5.70. The summed E-state index contributed by atoms with van der Waals surface area (Å²) in [5.74, 6) is -0.470. The van der Waals surface area contributed by atoms with E-state index in [2.05, 4.69) is 5.32 Å². The molecule has 0 unspecified atom stereocenters. The number of urea groups is 1. The third-order valence-electron chi connectivity index (χ3n) is 3.81. The molecule has 0 aliphatic rings. The highest BCUT2D eigenvalue weighted by atomic mass is 16.3. The maximum Gasteiger partial charge on any atom is 0.318 e. The van der Waals surface area contributed by atoms with E-state index < -0.39 is 11.9 Å². The van der Waals surface area contributed by atoms with Gasteiger partial charge in [-0.05, 0) is 17.5 Å². The summed E-state index contributed by atoms with van der Waals surface area (Å²) in [4.78, 5) is 25.0. The van der Waals surface area contributed by atoms with Crippen LogP contribution in [0.4, 0.5) is 4.79 Å². The summed E-state index contributed by atoms with van der Waals surface area (Å²) in [7, 11) is 0. The lowest BCUT2D eigenvalue weighted by Crippen LogP contribution is -2.44. The fourth-order valence-corrected chi connectivity index (χ4v) is 2.82. The summed E-state index contributed by atoms with van der Waals surface area (Å²) in [6.07, 6.45) is 0.514. The molecule has 0 saturated carbocycles. The highest BCUT2D eigenvalue weighted by molar-refractivity contribution is 5.94. The number of carbonyl (C=O) groups is 2. The van der Waals surface area contributed by atoms with Crippen LogP contribution in [-0.2, 0) is 4.79 Å². The van der Waals surface area contributed by atoms with Gasteiger partial charge in [-0.2, -0.15) is 0 Å². The lowest BCUT2D eigenvalue weighted by molar-refractivity contribution is -0.121. The number of nitrogens with two attached hydrogens (primary N) is 1. The number of hydrogen-bond acceptors (Lipinski definition) is 4. The van der Waals surface area contributed by atoms with E-state index in [1.165, 1.54) is 0 Å². The molecule has 2 aromatic rings. The van der Waals surface area contributed by atoms with E-state index in [4.69, 9.17) is 5.73 Å². The Morgan fingerprint density at radius 2 is 1.52 bits per heavy atom. The molecule has 0 bridgehead atoms. The molecule has 0 radical (unpaired) electrons. The molecule has 0 spiro atoms. The van der Waals surface area contributed by atoms with Crippen molar-refractivity contribution in [2.45, 2.75) is 12.5 Å². The summed E-state index contributed by atoms with van der Waals surface area (Å²) >= 11 is 0. The molecule has 0 saturated heterocycles. The Morgan fingerprint density at radius 1 is 1.00 bits per heavy atom. The maximum absolute atomic E-state index is 12.1. The lowest BCUT2D eigenvalue weighted by Gasteiger charge is -2.32. The molecule has 6 nitrogen and oxygen atoms in total. The SMILES string of the molecule is NC(=O)NC(=O)CN(CCCO)C(c1ccccc1)c1ccccc1. The van der Waals surface area contributed by atoms with Crippen molar-refractivity contribution in [3.05, 3.63) is 71.8 Å². The fourth-order valence-electron chi connectivity index (χ4n) is 2.82. The molecule has 6 heteroatoms. The van der Waals surface area contributed by atoms with Gasteiger partial charge in [-0.3, -0.25) is 15.0 Å². The van der Waals surface area contributed by atoms with E-state index in [0.717, 1.165) is 11.1 Å². The average Bonchev–Trinajstić information content (AvgIpc) is 2.61. The number of imide groups is 1. The second-order valence-corrected chi connectivity index (χ2v) is 5.68. The molecule has 0 aliphatic carbocycles. The number of aliphatic hydroxyl groups excluding tert-OH is 1. The van der Waals surface area contributed by atoms with Gasteiger partial charge in [-0.15, -0.1) is 0 Å². The quantitative estimate of drug-likeness (QED) is 0.680. The van der Waals surface area contributed by atoms with Crippen molar-refractivity contribution in [3.8, 4) is 0 Å². The van der Waals surface area contributed by atoms with Crippen molar-refractivity contribution in [1.82, 2.24) is 10.2 Å². The van der Waals surface area contributed by atoms with E-state index in [9.17, 15) is 14.7 Å². The standard InChI is InChI=1S/C19H23N3O3/c20-19(25)21-17(24)14-22(12-7-13-23)18(15-8-3-1-4-9-15)16-10-5-2-6-11-16/h1-6,8-11,18,23H,7,12-14H2,(H3,20,21,24,25). The second-order valence-electron chi connectivity index (χ2n) is 5.68. The predicted octanol–water partition coefficient (Wildman–Crippen LogP) is 1.66. The third-order valence-corrected chi connectivity index (χ3v) is 3.81. The van der Waals surface area contributed by atoms with Gasteiger partial charge in [0, 0.05) is 13.2 Å². The Balaban J connectivity index is 2.35. The Morgan fingerprint density at radius 3 is 1.96 bits per heavy atom. The van der Waals surface area contributed by atoms with Gasteiger partial charge in [0.2, 0.25) is 5.91 Å². The highest BCUT2D eigenvalue weighted by Crippen LogP contribution is 2.28. The average molecular weight is 341 g/mol. The number of carbonyl (C=O) groups excluding carboxylic acids is 2. The summed E-state index contributed by atoms with van der Waals surface area (Å²) in [6.45, 7) is 0.513. The number of benzene rings is 2. The number of nitrogens with one attached hydrogen (secondary N) is 1. The maximum atomic E-state index is 12.1. The smallest absolute Gasteiger partial charge is 0.318 e. The minimum Gasteiger partial charge on any atom is -0.396 e. The van der Waals surface area contributed by atoms with Gasteiger partial charge in [0.05, 0.1) is 12.6 Å². The molecule has 0 fully saturated rings. The molecule has 3 amide bonds. The first-order valence-corrected chi connectivity index (χ1v) is 8.16. The number of amides is 3. The van der Waals surface area contributed by atoms with E-state index >= 15 is 0 Å². The van der Waals surface area contributed by atoms with E-state index in [0.29, 0.717) is 13.0 Å². The Hall–Kier alpha value is -2.70. The number of primary amides is 1. The minimum absolute atomic E-state index is 0.00258. The molecular formula is C19H23N3O3. The van der Waals surface area contributed by atoms with Crippen molar-refractivity contribution in [3.63, 3.8) is 0 Å². The van der Waals surface area contributed by atoms with Crippen molar-refractivity contribution in [2.24, 2.45) is 5.73 Å². The van der Waals surface area contributed by atoms with E-state index in [-0.39, 0.29) is 19.2 Å². The Kier molecular flexibility index (Phi) is 7.13. The van der Waals surface area contributed by atoms with Crippen molar-refractivity contribution >= 4 is 11.9 Å². The number of nitrogens with zero attached hydrogens (tertiary/aromatic N) is 1. The number of hydrogen-bond donors (Lipinski definition) is 3. The highest BCUT2D eigenvalue weighted by Gasteiger charge is 2.24. The molecule has 0 aliphatic heterocycles. The van der Waals surface area contributed by atoms with Crippen molar-refractivity contribution < 1.29 is 14.7 Å². The summed E-state index contributed by atoms with van der Waals surface area (Å²) in [5, 5.41) is 11.3. The van der Waals surface area contributed by atoms with Gasteiger partial charge < -0.3 is 10.8 Å². The van der Waals surface area contributed by atoms with Crippen molar-refractivity contribution in [1.29, 1.82) is 0 Å². The molecule has 25 heavy (non-hydrogen) atoms. The molecule has 2 rings (SSSR count). The van der Waals surface area contributed by atoms with Crippen LogP contribution in [0.5, 0.6) is 0 Å². The predicted molar refractivity (Wildman–Crippen MR) is 95.7 cm³/mol. The molecule has 0 aromatic heterocycles. The second kappa shape index (κ2) is 9.56. The monoisotopic (exact) mass is 341 g/mol. The zero-order valence-corrected chi connectivity index (χ0v) is 14.0. The summed E-state index contributed by atoms with van der Waals surface area (Å²) in [5.41, 5.74) is 7.09. The first-order chi connectivity index (χ1) is 12.1. The van der Waals surface area contributed by atoms with Crippen LogP contribution in [0.1, 0.15) is 23.6 Å². The zero-order chi connectivity index (χ0) is 18.1. The molecule has 132 valence electrons. The van der Waals surface area contributed by atoms with Crippen molar-refractivity contribution in [2.75, 3.05) is 19.7 Å². The van der Waals surface area contributed by atoms with Crippen LogP contribution in [0, 0.1) is 0 Å². The van der Waals surface area contributed by atoms with Gasteiger partial charge in [0.25, 0.3) is 0 Å². The van der Waals surface area contributed by atoms with Crippen LogP contribution in [0.15, 0.2) is 60.7 Å². The molecular weight excluding hydrogens is 318 g/mol. The zero-order valence-electron chi connectivity index (χ0n) is 14.0. The summed E-state index contributed by atoms with van der Waals surface area (Å²) in [6, 6.07) is 18.6. The normalized spacial score (nSPS) is 10.8. The molecule has 0 heterocycles. The topological polar surface area (TPSA) is 95.7 Å².